The topological polar surface area (TPSA) is 40.7 Å². The van der Waals surface area contributed by atoms with E-state index < -0.39 is 0 Å². The second-order valence-electron chi connectivity index (χ2n) is 7.39. The number of rotatable bonds is 5. The molecule has 1 aromatic rings. The standard InChI is InChI=1S/C17H31N3/c1-5-10-18-11-15-12-19-16(20-15)13-6-8-14(9-7-13)17(2,3)4/h12-14,18H,5-11H2,1-4H3,(H,19,20). The number of aromatic nitrogens is 2. The number of hydrogen-bond donors (Lipinski definition) is 2. The zero-order valence-electron chi connectivity index (χ0n) is 13.6. The summed E-state index contributed by atoms with van der Waals surface area (Å²) in [5.41, 5.74) is 1.69. The molecular weight excluding hydrogens is 246 g/mol. The highest BCUT2D eigenvalue weighted by Gasteiger charge is 2.31. The second-order valence-corrected chi connectivity index (χ2v) is 7.39. The van der Waals surface area contributed by atoms with Crippen molar-refractivity contribution in [3.63, 3.8) is 0 Å². The van der Waals surface area contributed by atoms with Crippen molar-refractivity contribution in [3.8, 4) is 0 Å². The van der Waals surface area contributed by atoms with Crippen molar-refractivity contribution in [1.29, 1.82) is 0 Å². The van der Waals surface area contributed by atoms with Gasteiger partial charge in [0, 0.05) is 24.4 Å². The summed E-state index contributed by atoms with van der Waals surface area (Å²) in [5.74, 6) is 2.73. The molecule has 0 saturated heterocycles. The lowest BCUT2D eigenvalue weighted by Crippen LogP contribution is -2.25. The molecule has 3 nitrogen and oxygen atoms in total. The van der Waals surface area contributed by atoms with Crippen LogP contribution >= 0.6 is 0 Å². The Hall–Kier alpha value is -0.830. The molecule has 0 amide bonds. The number of nitrogens with one attached hydrogen (secondary N) is 2. The lowest BCUT2D eigenvalue weighted by atomic mass is 9.70. The van der Waals surface area contributed by atoms with E-state index in [0.29, 0.717) is 11.3 Å². The number of hydrogen-bond acceptors (Lipinski definition) is 2. The molecule has 0 radical (unpaired) electrons. The smallest absolute Gasteiger partial charge is 0.109 e. The first-order chi connectivity index (χ1) is 9.50. The molecule has 1 aliphatic rings. The van der Waals surface area contributed by atoms with Gasteiger partial charge in [-0.15, -0.1) is 0 Å². The maximum Gasteiger partial charge on any atom is 0.109 e. The van der Waals surface area contributed by atoms with Gasteiger partial charge in [0.2, 0.25) is 0 Å². The average Bonchev–Trinajstić information content (AvgIpc) is 2.87. The summed E-state index contributed by atoms with van der Waals surface area (Å²) in [4.78, 5) is 8.13. The lowest BCUT2D eigenvalue weighted by molar-refractivity contribution is 0.167. The highest BCUT2D eigenvalue weighted by molar-refractivity contribution is 5.06. The van der Waals surface area contributed by atoms with Crippen LogP contribution in [0.25, 0.3) is 0 Å². The van der Waals surface area contributed by atoms with E-state index in [1.54, 1.807) is 0 Å². The third-order valence-electron chi connectivity index (χ3n) is 4.73. The van der Waals surface area contributed by atoms with Gasteiger partial charge in [-0.1, -0.05) is 27.7 Å². The molecule has 1 aromatic heterocycles. The summed E-state index contributed by atoms with van der Waals surface area (Å²) < 4.78 is 0. The molecule has 20 heavy (non-hydrogen) atoms. The van der Waals surface area contributed by atoms with E-state index >= 15 is 0 Å². The molecule has 3 heteroatoms. The van der Waals surface area contributed by atoms with Crippen LogP contribution in [0, 0.1) is 11.3 Å². The number of nitrogens with zero attached hydrogens (tertiary/aromatic N) is 1. The van der Waals surface area contributed by atoms with Crippen LogP contribution in [0.4, 0.5) is 0 Å². The summed E-state index contributed by atoms with van der Waals surface area (Å²) in [6.07, 6.45) is 8.46. The van der Waals surface area contributed by atoms with Crippen LogP contribution in [-0.4, -0.2) is 16.5 Å². The predicted molar refractivity (Wildman–Crippen MR) is 84.7 cm³/mol. The number of H-pyrrole nitrogens is 1. The predicted octanol–water partition coefficient (Wildman–Crippen LogP) is 4.23. The van der Waals surface area contributed by atoms with Crippen molar-refractivity contribution in [2.24, 2.45) is 11.3 Å². The van der Waals surface area contributed by atoms with Gasteiger partial charge >= 0.3 is 0 Å². The van der Waals surface area contributed by atoms with E-state index in [1.165, 1.54) is 43.6 Å². The van der Waals surface area contributed by atoms with E-state index in [4.69, 9.17) is 0 Å². The van der Waals surface area contributed by atoms with Crippen molar-refractivity contribution in [2.75, 3.05) is 6.54 Å². The van der Waals surface area contributed by atoms with Crippen LogP contribution in [0.5, 0.6) is 0 Å². The first kappa shape index (κ1) is 15.6. The Morgan fingerprint density at radius 2 is 1.95 bits per heavy atom. The molecule has 1 saturated carbocycles. The molecule has 0 aliphatic heterocycles. The van der Waals surface area contributed by atoms with Gasteiger partial charge in [0.05, 0.1) is 0 Å². The van der Waals surface area contributed by atoms with Crippen molar-refractivity contribution in [2.45, 2.75) is 72.3 Å². The van der Waals surface area contributed by atoms with Gasteiger partial charge in [-0.25, -0.2) is 4.98 Å². The fraction of sp³-hybridized carbons (Fsp3) is 0.824. The van der Waals surface area contributed by atoms with Gasteiger partial charge in [0.1, 0.15) is 5.82 Å². The Balaban J connectivity index is 1.84. The van der Waals surface area contributed by atoms with Crippen LogP contribution in [0.15, 0.2) is 6.20 Å². The van der Waals surface area contributed by atoms with E-state index in [0.717, 1.165) is 19.0 Å². The number of imidazole rings is 1. The molecular formula is C17H31N3. The molecule has 0 unspecified atom stereocenters. The zero-order valence-corrected chi connectivity index (χ0v) is 13.6. The van der Waals surface area contributed by atoms with Crippen molar-refractivity contribution in [1.82, 2.24) is 15.3 Å². The first-order valence-electron chi connectivity index (χ1n) is 8.25. The minimum Gasteiger partial charge on any atom is -0.345 e. The first-order valence-corrected chi connectivity index (χ1v) is 8.25. The quantitative estimate of drug-likeness (QED) is 0.791. The minimum atomic E-state index is 0.462. The molecule has 0 aromatic carbocycles. The molecule has 1 fully saturated rings. The molecule has 2 N–H and O–H groups in total. The summed E-state index contributed by atoms with van der Waals surface area (Å²) in [7, 11) is 0. The molecule has 1 aliphatic carbocycles. The fourth-order valence-electron chi connectivity index (χ4n) is 3.31. The summed E-state index contributed by atoms with van der Waals surface area (Å²) in [6, 6.07) is 0. The maximum atomic E-state index is 4.61. The summed E-state index contributed by atoms with van der Waals surface area (Å²) >= 11 is 0. The van der Waals surface area contributed by atoms with Crippen LogP contribution in [0.1, 0.15) is 77.2 Å². The van der Waals surface area contributed by atoms with Gasteiger partial charge in [-0.2, -0.15) is 0 Å². The van der Waals surface area contributed by atoms with Crippen molar-refractivity contribution < 1.29 is 0 Å². The fourth-order valence-corrected chi connectivity index (χ4v) is 3.31. The van der Waals surface area contributed by atoms with Gasteiger partial charge < -0.3 is 10.3 Å². The van der Waals surface area contributed by atoms with Gasteiger partial charge in [0.15, 0.2) is 0 Å². The summed E-state index contributed by atoms with van der Waals surface area (Å²) in [6.45, 7) is 11.3. The van der Waals surface area contributed by atoms with Gasteiger partial charge in [0.25, 0.3) is 0 Å². The van der Waals surface area contributed by atoms with Gasteiger partial charge in [-0.05, 0) is 50.0 Å². The third-order valence-corrected chi connectivity index (χ3v) is 4.73. The van der Waals surface area contributed by atoms with Crippen LogP contribution in [0.2, 0.25) is 0 Å². The SMILES string of the molecule is CCCNCc1cnc(C2CCC(C(C)(C)C)CC2)[nH]1. The minimum absolute atomic E-state index is 0.462. The highest BCUT2D eigenvalue weighted by atomic mass is 15.0. The van der Waals surface area contributed by atoms with Crippen LogP contribution < -0.4 is 5.32 Å². The molecule has 0 atom stereocenters. The van der Waals surface area contributed by atoms with Gasteiger partial charge in [-0.3, -0.25) is 0 Å². The average molecular weight is 277 g/mol. The largest absolute Gasteiger partial charge is 0.345 e. The van der Waals surface area contributed by atoms with Crippen molar-refractivity contribution >= 4 is 0 Å². The molecule has 2 rings (SSSR count). The van der Waals surface area contributed by atoms with Crippen molar-refractivity contribution in [3.05, 3.63) is 17.7 Å². The van der Waals surface area contributed by atoms with E-state index in [-0.39, 0.29) is 0 Å². The maximum absolute atomic E-state index is 4.61. The Labute approximate surface area is 124 Å². The summed E-state index contributed by atoms with van der Waals surface area (Å²) in [5, 5.41) is 3.42. The lowest BCUT2D eigenvalue weighted by Gasteiger charge is -2.36. The Morgan fingerprint density at radius 3 is 2.55 bits per heavy atom. The Kier molecular flexibility index (Phi) is 5.25. The zero-order chi connectivity index (χ0) is 14.6. The Morgan fingerprint density at radius 1 is 1.25 bits per heavy atom. The monoisotopic (exact) mass is 277 g/mol. The van der Waals surface area contributed by atoms with Crippen LogP contribution in [-0.2, 0) is 6.54 Å². The van der Waals surface area contributed by atoms with Crippen LogP contribution in [0.3, 0.4) is 0 Å². The van der Waals surface area contributed by atoms with E-state index in [9.17, 15) is 0 Å². The third kappa shape index (κ3) is 4.08. The number of aromatic amines is 1. The van der Waals surface area contributed by atoms with E-state index in [1.807, 2.05) is 6.20 Å². The molecule has 1 heterocycles. The molecule has 0 bridgehead atoms. The Bertz CT molecular complexity index is 395. The molecule has 0 spiro atoms. The highest BCUT2D eigenvalue weighted by Crippen LogP contribution is 2.42. The van der Waals surface area contributed by atoms with E-state index in [2.05, 4.69) is 43.0 Å². The second kappa shape index (κ2) is 6.75. The molecule has 114 valence electrons. The normalized spacial score (nSPS) is 24.0.